The number of fused-ring (bicyclic) bond motifs is 1. The van der Waals surface area contributed by atoms with Gasteiger partial charge < -0.3 is 14.8 Å². The lowest BCUT2D eigenvalue weighted by Gasteiger charge is -2.11. The first kappa shape index (κ1) is 13.9. The third-order valence-electron chi connectivity index (χ3n) is 3.84. The van der Waals surface area contributed by atoms with E-state index < -0.39 is 4.92 Å². The average Bonchev–Trinajstić information content (AvgIpc) is 3.15. The number of nitro benzene ring substituents is 1. The number of hydrogen-bond donors (Lipinski definition) is 1. The highest BCUT2D eigenvalue weighted by molar-refractivity contribution is 7.80. The number of nitro groups is 1. The SMILES string of the molecule is O=C1/C(=C\c2cc3c(cc2[N+](=O)[O-])OCO3)NC(=S)N1C1CC1. The Balaban J connectivity index is 1.74. The number of amides is 1. The topological polar surface area (TPSA) is 93.9 Å². The second-order valence-corrected chi connectivity index (χ2v) is 5.80. The third-order valence-corrected chi connectivity index (χ3v) is 4.14. The second kappa shape index (κ2) is 4.92. The van der Waals surface area contributed by atoms with E-state index in [-0.39, 0.29) is 35.7 Å². The van der Waals surface area contributed by atoms with Gasteiger partial charge in [-0.3, -0.25) is 19.8 Å². The standard InChI is InChI=1S/C14H11N3O5S/c18-13-9(15-14(23)16(13)8-1-2-8)3-7-4-11-12(22-6-21-11)5-10(7)17(19)20/h3-5,8H,1-2,6H2,(H,15,23)/b9-3+. The summed E-state index contributed by atoms with van der Waals surface area (Å²) in [7, 11) is 0. The minimum absolute atomic E-state index is 0.0171. The van der Waals surface area contributed by atoms with Gasteiger partial charge in [-0.05, 0) is 37.2 Å². The quantitative estimate of drug-likeness (QED) is 0.388. The van der Waals surface area contributed by atoms with E-state index in [0.717, 1.165) is 12.8 Å². The first-order valence-electron chi connectivity index (χ1n) is 6.99. The fraction of sp³-hybridized carbons (Fsp3) is 0.286. The van der Waals surface area contributed by atoms with E-state index in [1.807, 2.05) is 0 Å². The number of carbonyl (C=O) groups excluding carboxylic acids is 1. The summed E-state index contributed by atoms with van der Waals surface area (Å²) in [6.45, 7) is 0.0171. The first-order chi connectivity index (χ1) is 11.0. The molecular weight excluding hydrogens is 322 g/mol. The average molecular weight is 333 g/mol. The monoisotopic (exact) mass is 333 g/mol. The van der Waals surface area contributed by atoms with Crippen LogP contribution in [-0.4, -0.2) is 33.7 Å². The minimum atomic E-state index is -0.523. The van der Waals surface area contributed by atoms with Crippen LogP contribution in [0.2, 0.25) is 0 Å². The summed E-state index contributed by atoms with van der Waals surface area (Å²) < 4.78 is 10.4. The maximum absolute atomic E-state index is 12.4. The summed E-state index contributed by atoms with van der Waals surface area (Å²) in [5, 5.41) is 14.4. The molecule has 1 saturated carbocycles. The van der Waals surface area contributed by atoms with Crippen LogP contribution in [0.3, 0.4) is 0 Å². The largest absolute Gasteiger partial charge is 0.454 e. The van der Waals surface area contributed by atoms with Gasteiger partial charge in [-0.25, -0.2) is 0 Å². The van der Waals surface area contributed by atoms with Crippen molar-refractivity contribution in [2.75, 3.05) is 6.79 Å². The summed E-state index contributed by atoms with van der Waals surface area (Å²) in [6, 6.07) is 2.93. The van der Waals surface area contributed by atoms with Gasteiger partial charge in [0.15, 0.2) is 16.6 Å². The van der Waals surface area contributed by atoms with Crippen molar-refractivity contribution in [2.45, 2.75) is 18.9 Å². The van der Waals surface area contributed by atoms with Gasteiger partial charge >= 0.3 is 0 Å². The van der Waals surface area contributed by atoms with Crippen molar-refractivity contribution in [3.63, 3.8) is 0 Å². The highest BCUT2D eigenvalue weighted by atomic mass is 32.1. The Morgan fingerprint density at radius 1 is 1.35 bits per heavy atom. The zero-order valence-electron chi connectivity index (χ0n) is 11.8. The van der Waals surface area contributed by atoms with Gasteiger partial charge in [0, 0.05) is 6.04 Å². The predicted molar refractivity (Wildman–Crippen MR) is 82.8 cm³/mol. The zero-order valence-corrected chi connectivity index (χ0v) is 12.6. The summed E-state index contributed by atoms with van der Waals surface area (Å²) in [5.74, 6) is 0.471. The van der Waals surface area contributed by atoms with Crippen molar-refractivity contribution in [3.8, 4) is 11.5 Å². The molecule has 1 amide bonds. The zero-order chi connectivity index (χ0) is 16.1. The van der Waals surface area contributed by atoms with Crippen LogP contribution in [0.4, 0.5) is 5.69 Å². The maximum Gasteiger partial charge on any atom is 0.280 e. The molecule has 1 saturated heterocycles. The molecule has 0 radical (unpaired) electrons. The van der Waals surface area contributed by atoms with Gasteiger partial charge in [0.1, 0.15) is 5.70 Å². The summed E-state index contributed by atoms with van der Waals surface area (Å²) in [4.78, 5) is 24.7. The van der Waals surface area contributed by atoms with Crippen LogP contribution in [0.1, 0.15) is 18.4 Å². The molecule has 1 aromatic rings. The number of benzene rings is 1. The Kier molecular flexibility index (Phi) is 2.98. The number of carbonyl (C=O) groups is 1. The van der Waals surface area contributed by atoms with Gasteiger partial charge in [-0.15, -0.1) is 0 Å². The molecule has 1 N–H and O–H groups in total. The Hall–Kier alpha value is -2.68. The summed E-state index contributed by atoms with van der Waals surface area (Å²) >= 11 is 5.17. The highest BCUT2D eigenvalue weighted by Crippen LogP contribution is 2.39. The van der Waals surface area contributed by atoms with Gasteiger partial charge in [0.25, 0.3) is 11.6 Å². The molecule has 0 atom stereocenters. The summed E-state index contributed by atoms with van der Waals surface area (Å²) in [5.41, 5.74) is 0.326. The molecule has 2 fully saturated rings. The first-order valence-corrected chi connectivity index (χ1v) is 7.39. The molecular formula is C14H11N3O5S. The van der Waals surface area contributed by atoms with E-state index >= 15 is 0 Å². The molecule has 23 heavy (non-hydrogen) atoms. The molecule has 1 aromatic carbocycles. The molecule has 4 rings (SSSR count). The van der Waals surface area contributed by atoms with Crippen LogP contribution in [0.5, 0.6) is 11.5 Å². The van der Waals surface area contributed by atoms with E-state index in [1.165, 1.54) is 23.1 Å². The van der Waals surface area contributed by atoms with Crippen molar-refractivity contribution < 1.29 is 19.2 Å². The maximum atomic E-state index is 12.4. The molecule has 0 aromatic heterocycles. The lowest BCUT2D eigenvalue weighted by atomic mass is 10.1. The molecule has 2 heterocycles. The Labute approximate surface area is 135 Å². The predicted octanol–water partition coefficient (Wildman–Crippen LogP) is 1.54. The molecule has 0 spiro atoms. The molecule has 1 aliphatic carbocycles. The fourth-order valence-corrected chi connectivity index (χ4v) is 2.93. The van der Waals surface area contributed by atoms with Gasteiger partial charge in [-0.1, -0.05) is 0 Å². The number of rotatable bonds is 3. The number of thiocarbonyl (C=S) groups is 1. The minimum Gasteiger partial charge on any atom is -0.454 e. The number of nitrogens with one attached hydrogen (secondary N) is 1. The Morgan fingerprint density at radius 2 is 2.04 bits per heavy atom. The highest BCUT2D eigenvalue weighted by Gasteiger charge is 2.41. The van der Waals surface area contributed by atoms with E-state index in [2.05, 4.69) is 5.32 Å². The normalized spacial score (nSPS) is 21.0. The number of nitrogens with zero attached hydrogens (tertiary/aromatic N) is 2. The van der Waals surface area contributed by atoms with E-state index in [0.29, 0.717) is 16.6 Å². The molecule has 0 bridgehead atoms. The molecule has 9 heteroatoms. The summed E-state index contributed by atoms with van der Waals surface area (Å²) in [6.07, 6.45) is 3.27. The van der Waals surface area contributed by atoms with Crippen LogP contribution in [0, 0.1) is 10.1 Å². The molecule has 118 valence electrons. The molecule has 3 aliphatic rings. The molecule has 0 unspecified atom stereocenters. The fourth-order valence-electron chi connectivity index (χ4n) is 2.59. The number of hydrogen-bond acceptors (Lipinski definition) is 6. The van der Waals surface area contributed by atoms with Crippen molar-refractivity contribution in [3.05, 3.63) is 33.5 Å². The van der Waals surface area contributed by atoms with Crippen molar-refractivity contribution in [1.82, 2.24) is 10.2 Å². The van der Waals surface area contributed by atoms with E-state index in [9.17, 15) is 14.9 Å². The Bertz CT molecular complexity index is 787. The lowest BCUT2D eigenvalue weighted by molar-refractivity contribution is -0.385. The van der Waals surface area contributed by atoms with Crippen LogP contribution >= 0.6 is 12.2 Å². The van der Waals surface area contributed by atoms with Crippen LogP contribution in [0.25, 0.3) is 6.08 Å². The lowest BCUT2D eigenvalue weighted by Crippen LogP contribution is -2.32. The second-order valence-electron chi connectivity index (χ2n) is 5.42. The van der Waals surface area contributed by atoms with Crippen molar-refractivity contribution in [2.24, 2.45) is 0 Å². The van der Waals surface area contributed by atoms with E-state index in [1.54, 1.807) is 0 Å². The van der Waals surface area contributed by atoms with Crippen molar-refractivity contribution in [1.29, 1.82) is 0 Å². The van der Waals surface area contributed by atoms with Gasteiger partial charge in [-0.2, -0.15) is 0 Å². The van der Waals surface area contributed by atoms with Crippen LogP contribution in [0.15, 0.2) is 17.8 Å². The molecule has 2 aliphatic heterocycles. The third kappa shape index (κ3) is 2.29. The van der Waals surface area contributed by atoms with Gasteiger partial charge in [0.05, 0.1) is 16.6 Å². The van der Waals surface area contributed by atoms with Crippen LogP contribution < -0.4 is 14.8 Å². The van der Waals surface area contributed by atoms with Crippen LogP contribution in [-0.2, 0) is 4.79 Å². The van der Waals surface area contributed by atoms with E-state index in [4.69, 9.17) is 21.7 Å². The Morgan fingerprint density at radius 3 is 2.70 bits per heavy atom. The molecule has 8 nitrogen and oxygen atoms in total. The smallest absolute Gasteiger partial charge is 0.280 e. The number of ether oxygens (including phenoxy) is 2. The van der Waals surface area contributed by atoms with Gasteiger partial charge in [0.2, 0.25) is 6.79 Å². The van der Waals surface area contributed by atoms with Crippen molar-refractivity contribution >= 4 is 35.0 Å².